The SMILES string of the molecule is C.COC(=O)C1=C(C)NC(c2nccs2)=N[C@H]1c1ccc(F)cc1Cl.COC(=O)C1=C(CBr)NC(c2nccs2)=N[C@H]1c1ccc(F)cc1Cl.COC(=O)C1=C(CN2CCN3C(=O)OCCC3C2)NC(c2nccs2)=N[C@H]1c1ccc(F)cc1Cl.ClC(Cl)(Cl)Cl.O=C1OCCC2CCCCN12.[2HH].[B].[B]=NS. The van der Waals surface area contributed by atoms with Gasteiger partial charge < -0.3 is 49.4 Å². The number of amides is 2. The molecule has 4 radical (unpaired) electrons. The Labute approximate surface area is 669 Å². The van der Waals surface area contributed by atoms with Gasteiger partial charge in [0.15, 0.2) is 32.5 Å². The summed E-state index contributed by atoms with van der Waals surface area (Å²) in [5, 5.41) is 17.9. The van der Waals surface area contributed by atoms with Crippen LogP contribution in [-0.2, 0) is 38.1 Å². The van der Waals surface area contributed by atoms with Crippen LogP contribution < -0.4 is 16.0 Å². The number of alkyl halides is 5. The van der Waals surface area contributed by atoms with Gasteiger partial charge in [-0.1, -0.05) is 123 Å². The van der Waals surface area contributed by atoms with Crippen LogP contribution in [0, 0.1) is 17.5 Å². The minimum atomic E-state index is -1.61. The third-order valence-electron chi connectivity index (χ3n) is 15.9. The maximum atomic E-state index is 13.8. The fraction of sp³-hybridized carbons (Fsp3) is 0.369. The Bertz CT molecular complexity index is 4230. The van der Waals surface area contributed by atoms with Crippen molar-refractivity contribution in [1.82, 2.24) is 45.6 Å². The van der Waals surface area contributed by atoms with Crippen molar-refractivity contribution in [2.75, 3.05) is 72.6 Å². The first kappa shape index (κ1) is 87.6. The predicted molar refractivity (Wildman–Crippen MR) is 416 cm³/mol. The number of allylic oxidation sites excluding steroid dienone is 2. The normalized spacial score (nSPS) is 19.6. The average molecular weight is 1730 g/mol. The number of aromatic nitrogens is 3. The number of methoxy groups -OCH3 is 3. The fourth-order valence-corrected chi connectivity index (χ4v) is 14.4. The number of thiol groups is 1. The molecule has 40 heteroatoms. The van der Waals surface area contributed by atoms with Gasteiger partial charge in [-0.3, -0.25) is 19.9 Å². The second-order valence-corrected chi connectivity index (χ2v) is 30.4. The molecule has 4 saturated heterocycles. The predicted octanol–water partition coefficient (Wildman–Crippen LogP) is 14.9. The van der Waals surface area contributed by atoms with E-state index in [0.717, 1.165) is 25.8 Å². The van der Waals surface area contributed by atoms with Gasteiger partial charge in [-0.05, 0) is 62.6 Å². The van der Waals surface area contributed by atoms with Crippen molar-refractivity contribution in [2.24, 2.45) is 19.3 Å². The number of piperidine rings is 1. The number of fused-ring (bicyclic) bond motifs is 2. The molecule has 0 saturated carbocycles. The molecule has 13 rings (SSSR count). The Morgan fingerprint density at radius 2 is 1.02 bits per heavy atom. The molecule has 4 fully saturated rings. The summed E-state index contributed by atoms with van der Waals surface area (Å²) in [5.41, 5.74) is 4.25. The zero-order valence-corrected chi connectivity index (χ0v) is 65.5. The van der Waals surface area contributed by atoms with Gasteiger partial charge in [-0.15, -0.1) is 34.0 Å². The number of halogens is 11. The van der Waals surface area contributed by atoms with Gasteiger partial charge in [-0.2, -0.15) is 0 Å². The van der Waals surface area contributed by atoms with E-state index in [2.05, 4.69) is 86.5 Å². The molecule has 3 N–H and O–H groups in total. The van der Waals surface area contributed by atoms with E-state index < -0.39 is 56.7 Å². The number of rotatable bonds is 12. The molecule has 0 aliphatic carbocycles. The van der Waals surface area contributed by atoms with E-state index in [9.17, 15) is 37.1 Å². The second kappa shape index (κ2) is 41.9. The van der Waals surface area contributed by atoms with E-state index in [1.54, 1.807) is 30.4 Å². The van der Waals surface area contributed by atoms with Crippen LogP contribution in [-0.4, -0.2) is 181 Å². The van der Waals surface area contributed by atoms with Crippen molar-refractivity contribution in [2.45, 2.75) is 79.9 Å². The van der Waals surface area contributed by atoms with Crippen LogP contribution in [0.15, 0.2) is 142 Å². The molecule has 23 nitrogen and oxygen atoms in total. The number of hydrogen-bond donors (Lipinski definition) is 4. The third kappa shape index (κ3) is 23.8. The zero-order valence-electron chi connectivity index (χ0n) is 55.3. The number of aliphatic imine (C=N–C) groups is 3. The molecule has 0 bridgehead atoms. The number of ether oxygens (including phenoxy) is 5. The molecule has 7 aliphatic heterocycles. The maximum absolute atomic E-state index is 13.8. The Hall–Kier alpha value is -6.33. The van der Waals surface area contributed by atoms with Crippen LogP contribution in [0.1, 0.15) is 97.7 Å². The standard InChI is InChI=1S/C23H23ClFN5O4S.C16H12BrClFN3O2S.C16H13ClFN3O2S.C8H13NO2.CCl4.CH4.BHNS.B.H2/c1-33-22(31)18-17(12-29-6-7-30-14(11-29)4-8-34-23(30)32)27-20(21-26-5-9-35-21)28-19(18)15-3-2-13(25)10-16(15)24;1-24-16(23)12-11(7-17)21-14(15-20-4-5-25-15)22-13(12)9-3-2-8(19)6-10(9)18;1-8-12(16(22)23-2)13(10-4-3-9(18)7-11(10)17)21-14(20-8)15-19-5-6-24-15;10-8-9-5-2-1-3-7(9)4-6-11-8;2-1(3,4)5;;1-2-3;;/h2-3,5,9-10,14,19H,4,6-8,11-12H2,1H3,(H,27,28);2-6,13H,7H2,1H3,(H,21,22);3-7,13H,1-2H3,(H,20,21);7H,1-6H2;;1H4;3H;;1H/t14?,19-;2*13-;;;;;;/m000....../s1/i;;;;;;;;1+1. The number of piperazine rings is 1. The minimum absolute atomic E-state index is 0. The summed E-state index contributed by atoms with van der Waals surface area (Å²) < 4.78 is 66.7. The number of carbonyl (C=O) groups excluding carboxylic acids is 5. The third-order valence-corrected chi connectivity index (χ3v) is 19.8. The zero-order chi connectivity index (χ0) is 74.7. The number of carbonyl (C=O) groups is 5. The van der Waals surface area contributed by atoms with Gasteiger partial charge in [0, 0.05) is 150 Å². The van der Waals surface area contributed by atoms with E-state index in [-0.39, 0.29) is 50.6 Å². The summed E-state index contributed by atoms with van der Waals surface area (Å²) in [4.78, 5) is 93.4. The van der Waals surface area contributed by atoms with Crippen molar-refractivity contribution >= 4 is 208 Å². The van der Waals surface area contributed by atoms with Crippen LogP contribution in [0.4, 0.5) is 22.8 Å². The van der Waals surface area contributed by atoms with Crippen LogP contribution >= 0.6 is 144 Å². The summed E-state index contributed by atoms with van der Waals surface area (Å²) in [5.74, 6) is -1.47. The topological polar surface area (TPSA) is 265 Å². The van der Waals surface area contributed by atoms with Crippen molar-refractivity contribution in [3.63, 3.8) is 0 Å². The second-order valence-electron chi connectivity index (χ2n) is 22.2. The summed E-state index contributed by atoms with van der Waals surface area (Å²) >= 11 is 48.9. The average Bonchev–Trinajstić information content (AvgIpc) is 1.07. The Morgan fingerprint density at radius 1 is 0.638 bits per heavy atom. The molecule has 5 atom stereocenters. The van der Waals surface area contributed by atoms with Crippen LogP contribution in [0.3, 0.4) is 0 Å². The van der Waals surface area contributed by atoms with Crippen molar-refractivity contribution in [1.29, 1.82) is 0 Å². The Balaban J connectivity index is 0.000000254. The fourth-order valence-electron chi connectivity index (χ4n) is 11.4. The van der Waals surface area contributed by atoms with E-state index in [1.807, 2.05) is 21.0 Å². The van der Waals surface area contributed by atoms with E-state index in [4.69, 9.17) is 110 Å². The van der Waals surface area contributed by atoms with E-state index in [1.165, 1.54) is 123 Å². The van der Waals surface area contributed by atoms with E-state index in [0.29, 0.717) is 134 Å². The van der Waals surface area contributed by atoms with Gasteiger partial charge in [0.2, 0.25) is 0 Å². The molecular weight excluding hydrogens is 1660 g/mol. The summed E-state index contributed by atoms with van der Waals surface area (Å²) in [6.45, 7) is 5.85. The Kier molecular flexibility index (Phi) is 34.9. The molecule has 3 aromatic carbocycles. The first-order valence-corrected chi connectivity index (χ1v) is 37.6. The first-order chi connectivity index (χ1) is 49.3. The van der Waals surface area contributed by atoms with Crippen LogP contribution in [0.25, 0.3) is 0 Å². The number of hydrogen-bond acceptors (Lipinski definition) is 25. The summed E-state index contributed by atoms with van der Waals surface area (Å²) in [7, 11) is 8.24. The molecule has 0 spiro atoms. The van der Waals surface area contributed by atoms with Gasteiger partial charge in [0.05, 0.1) is 57.3 Å². The van der Waals surface area contributed by atoms with Crippen LogP contribution in [0.5, 0.6) is 0 Å². The first-order valence-electron chi connectivity index (χ1n) is 30.7. The summed E-state index contributed by atoms with van der Waals surface area (Å²) in [6.07, 6.45) is 10.00. The van der Waals surface area contributed by atoms with Crippen molar-refractivity contribution in [3.05, 3.63) is 187 Å². The number of nitrogens with one attached hydrogen (secondary N) is 3. The van der Waals surface area contributed by atoms with Gasteiger partial charge in [0.1, 0.15) is 35.6 Å². The van der Waals surface area contributed by atoms with Crippen molar-refractivity contribution in [3.8, 4) is 0 Å². The Morgan fingerprint density at radius 3 is 1.41 bits per heavy atom. The molecule has 2 amide bonds. The monoisotopic (exact) mass is 1720 g/mol. The van der Waals surface area contributed by atoms with Gasteiger partial charge >= 0.3 is 54.8 Å². The summed E-state index contributed by atoms with van der Waals surface area (Å²) in [6, 6.07) is 10.3. The molecule has 7 aliphatic rings. The molecule has 6 aromatic rings. The number of cyclic esters (lactones) is 2. The van der Waals surface area contributed by atoms with E-state index >= 15 is 0 Å². The molecular formula is C65H68B2BrCl7F3N13O10S4. The molecule has 3 aromatic heterocycles. The van der Waals surface area contributed by atoms with Crippen molar-refractivity contribution < 1.29 is 62.3 Å². The number of esters is 3. The van der Waals surface area contributed by atoms with Gasteiger partial charge in [0.25, 0.3) is 3.25 Å². The molecule has 2 unspecified atom stereocenters. The number of benzene rings is 3. The molecule has 10 heterocycles. The number of amidine groups is 3. The quantitative estimate of drug-likeness (QED) is 0.0292. The number of thiazole rings is 3. The van der Waals surface area contributed by atoms with Gasteiger partial charge in [-0.25, -0.2) is 52.1 Å². The molecule has 560 valence electrons. The molecule has 105 heavy (non-hydrogen) atoms. The van der Waals surface area contributed by atoms with Crippen LogP contribution in [0.2, 0.25) is 15.1 Å². The number of nitrogens with zero attached hydrogens (tertiary/aromatic N) is 10.